The number of aromatic nitrogens is 5. The molecule has 5 heterocycles. The highest BCUT2D eigenvalue weighted by molar-refractivity contribution is 8.01. The van der Waals surface area contributed by atoms with Crippen molar-refractivity contribution in [2.24, 2.45) is 5.16 Å². The number of amides is 2. The summed E-state index contributed by atoms with van der Waals surface area (Å²) in [5.41, 5.74) is 4.89. The fraction of sp³-hybridized carbons (Fsp3) is 0.318. The van der Waals surface area contributed by atoms with Gasteiger partial charge < -0.3 is 25.7 Å². The molecule has 3 aromatic rings. The highest BCUT2D eigenvalue weighted by atomic mass is 32.2. The second-order valence-electron chi connectivity index (χ2n) is 8.46. The number of aliphatic carboxylic acids is 1. The number of carboxylic acids is 1. The minimum absolute atomic E-state index is 0.00860. The molecule has 20 heteroatoms. The number of nitrogens with two attached hydrogens (primary N) is 1. The van der Waals surface area contributed by atoms with Gasteiger partial charge >= 0.3 is 11.9 Å². The average Bonchev–Trinajstić information content (AvgIpc) is 3.59. The van der Waals surface area contributed by atoms with Crippen LogP contribution in [0.25, 0.3) is 5.78 Å². The lowest BCUT2D eigenvalue weighted by molar-refractivity contribution is -0.150. The number of carboxylic acid groups (broad SMARTS) is 1. The van der Waals surface area contributed by atoms with Crippen LogP contribution in [0.4, 0.5) is 5.13 Å². The zero-order valence-corrected chi connectivity index (χ0v) is 24.2. The standard InChI is InChI=1S/C22H21N9O8S3/c1-3-39-19(37)9-4-24-21-27-22(28-31(21)15(9)33)42-6-8-5-40-17-12(16(34)30(17)13(8)18(35)36)26-14(32)11(29-38-2)10-7-41-20(23)25-10/h4,7,12,17H,3,5-6H2,1-2H3,(H2,23,25)(H,26,32)(H,35,36)(H,24,27,28)/t12-,17-/m1/s1. The average molecular weight is 636 g/mol. The third kappa shape index (κ3) is 5.30. The van der Waals surface area contributed by atoms with Gasteiger partial charge in [0.25, 0.3) is 23.2 Å². The number of hydrogen-bond donors (Lipinski definition) is 4. The van der Waals surface area contributed by atoms with Crippen molar-refractivity contribution in [3.05, 3.63) is 44.5 Å². The highest BCUT2D eigenvalue weighted by Gasteiger charge is 2.54. The van der Waals surface area contributed by atoms with Gasteiger partial charge in [0.15, 0.2) is 16.0 Å². The summed E-state index contributed by atoms with van der Waals surface area (Å²) >= 11 is 3.46. The van der Waals surface area contributed by atoms with E-state index in [0.717, 1.165) is 38.7 Å². The number of oxime groups is 1. The molecule has 0 radical (unpaired) electrons. The summed E-state index contributed by atoms with van der Waals surface area (Å²) in [4.78, 5) is 81.0. The molecule has 0 unspecified atom stereocenters. The lowest BCUT2D eigenvalue weighted by Crippen LogP contribution is -2.71. The van der Waals surface area contributed by atoms with E-state index in [9.17, 15) is 29.1 Å². The first-order chi connectivity index (χ1) is 20.1. The first-order valence-electron chi connectivity index (χ1n) is 12.0. The van der Waals surface area contributed by atoms with Crippen LogP contribution in [0.5, 0.6) is 0 Å². The van der Waals surface area contributed by atoms with E-state index in [4.69, 9.17) is 15.3 Å². The van der Waals surface area contributed by atoms with E-state index >= 15 is 0 Å². The summed E-state index contributed by atoms with van der Waals surface area (Å²) in [6, 6.07) is -1.01. The number of H-pyrrole nitrogens is 1. The molecule has 2 amide bonds. The minimum Gasteiger partial charge on any atom is -0.477 e. The van der Waals surface area contributed by atoms with E-state index < -0.39 is 40.7 Å². The van der Waals surface area contributed by atoms with Crippen LogP contribution in [0, 0.1) is 0 Å². The summed E-state index contributed by atoms with van der Waals surface area (Å²) in [6.45, 7) is 1.69. The van der Waals surface area contributed by atoms with Crippen molar-refractivity contribution in [1.82, 2.24) is 34.8 Å². The maximum absolute atomic E-state index is 13.1. The number of anilines is 1. The van der Waals surface area contributed by atoms with Gasteiger partial charge in [0.05, 0.1) is 12.8 Å². The molecule has 0 aliphatic carbocycles. The molecule has 0 spiro atoms. The Balaban J connectivity index is 1.31. The molecule has 17 nitrogen and oxygen atoms in total. The van der Waals surface area contributed by atoms with Crippen molar-refractivity contribution in [3.8, 4) is 0 Å². The van der Waals surface area contributed by atoms with E-state index in [1.165, 1.54) is 24.3 Å². The molecular formula is C22H21N9O8S3. The SMILES string of the molecule is CCOC(=O)c1cnc2nc(SCC3=C(C(=O)O)N4C(=O)[C@@H](NC(=O)C(=NOC)c5csc(N)n5)[C@H]4SC3)[nH]n2c1=O. The van der Waals surface area contributed by atoms with Gasteiger partial charge in [0.1, 0.15) is 35.5 Å². The number of esters is 1. The number of hydrogen-bond acceptors (Lipinski definition) is 15. The zero-order chi connectivity index (χ0) is 30.1. The Morgan fingerprint density at radius 3 is 2.79 bits per heavy atom. The third-order valence-electron chi connectivity index (χ3n) is 5.93. The normalized spacial score (nSPS) is 18.5. The van der Waals surface area contributed by atoms with Crippen LogP contribution in [0.2, 0.25) is 0 Å². The van der Waals surface area contributed by atoms with Gasteiger partial charge in [-0.25, -0.2) is 19.6 Å². The number of nitrogen functional groups attached to an aromatic ring is 1. The van der Waals surface area contributed by atoms with Crippen molar-refractivity contribution >= 4 is 75.2 Å². The van der Waals surface area contributed by atoms with Gasteiger partial charge in [-0.15, -0.1) is 23.1 Å². The molecule has 2 aliphatic heterocycles. The summed E-state index contributed by atoms with van der Waals surface area (Å²) in [5.74, 6) is -3.12. The molecule has 5 N–H and O–H groups in total. The Morgan fingerprint density at radius 2 is 2.12 bits per heavy atom. The zero-order valence-electron chi connectivity index (χ0n) is 21.7. The van der Waals surface area contributed by atoms with Crippen LogP contribution < -0.4 is 16.6 Å². The quantitative estimate of drug-likeness (QED) is 0.0724. The van der Waals surface area contributed by atoms with Crippen LogP contribution >= 0.6 is 34.9 Å². The van der Waals surface area contributed by atoms with Gasteiger partial charge in [-0.05, 0) is 12.5 Å². The molecule has 220 valence electrons. The van der Waals surface area contributed by atoms with Crippen LogP contribution in [0.1, 0.15) is 23.0 Å². The number of nitrogens with one attached hydrogen (secondary N) is 2. The second-order valence-corrected chi connectivity index (χ2v) is 11.4. The van der Waals surface area contributed by atoms with Crippen LogP contribution in [0.15, 0.2) is 38.0 Å². The monoisotopic (exact) mass is 635 g/mol. The summed E-state index contributed by atoms with van der Waals surface area (Å²) < 4.78 is 5.85. The van der Waals surface area contributed by atoms with Crippen LogP contribution in [-0.2, 0) is 24.0 Å². The van der Waals surface area contributed by atoms with Crippen molar-refractivity contribution < 1.29 is 33.9 Å². The Morgan fingerprint density at radius 1 is 1.33 bits per heavy atom. The Labute approximate surface area is 247 Å². The fourth-order valence-corrected chi connectivity index (χ4v) is 6.98. The molecule has 42 heavy (non-hydrogen) atoms. The molecule has 0 bridgehead atoms. The smallest absolute Gasteiger partial charge is 0.352 e. The fourth-order valence-electron chi connectivity index (χ4n) is 4.10. The number of aromatic amines is 1. The predicted octanol–water partition coefficient (Wildman–Crippen LogP) is -0.486. The van der Waals surface area contributed by atoms with Gasteiger partial charge in [0.2, 0.25) is 0 Å². The Hall–Kier alpha value is -4.43. The van der Waals surface area contributed by atoms with Crippen molar-refractivity contribution in [2.75, 3.05) is 31.0 Å². The number of carbonyl (C=O) groups is 4. The summed E-state index contributed by atoms with van der Waals surface area (Å²) in [5, 5.41) is 20.3. The number of thioether (sulfide) groups is 2. The number of rotatable bonds is 10. The van der Waals surface area contributed by atoms with E-state index in [1.807, 2.05) is 0 Å². The molecule has 0 saturated carbocycles. The highest BCUT2D eigenvalue weighted by Crippen LogP contribution is 2.41. The molecule has 3 aromatic heterocycles. The summed E-state index contributed by atoms with van der Waals surface area (Å²) in [7, 11) is 1.25. The molecular weight excluding hydrogens is 614 g/mol. The maximum atomic E-state index is 13.1. The number of fused-ring (bicyclic) bond motifs is 2. The minimum atomic E-state index is -1.31. The van der Waals surface area contributed by atoms with Gasteiger partial charge in [-0.2, -0.15) is 9.50 Å². The molecule has 2 atom stereocenters. The van der Waals surface area contributed by atoms with Gasteiger partial charge in [-0.1, -0.05) is 16.9 Å². The maximum Gasteiger partial charge on any atom is 0.352 e. The van der Waals surface area contributed by atoms with Gasteiger partial charge in [0, 0.05) is 16.9 Å². The number of ether oxygens (including phenoxy) is 1. The van der Waals surface area contributed by atoms with E-state index in [2.05, 4.69) is 30.5 Å². The van der Waals surface area contributed by atoms with Crippen molar-refractivity contribution in [3.63, 3.8) is 0 Å². The van der Waals surface area contributed by atoms with E-state index in [-0.39, 0.29) is 56.8 Å². The van der Waals surface area contributed by atoms with E-state index in [1.54, 1.807) is 6.92 Å². The number of thiazole rings is 1. The topological polar surface area (TPSA) is 237 Å². The molecule has 1 saturated heterocycles. The molecule has 0 aromatic carbocycles. The second kappa shape index (κ2) is 11.8. The lowest BCUT2D eigenvalue weighted by atomic mass is 10.0. The first-order valence-corrected chi connectivity index (χ1v) is 14.9. The predicted molar refractivity (Wildman–Crippen MR) is 150 cm³/mol. The molecule has 1 fully saturated rings. The largest absolute Gasteiger partial charge is 0.477 e. The van der Waals surface area contributed by atoms with Gasteiger partial charge in [-0.3, -0.25) is 24.4 Å². The van der Waals surface area contributed by atoms with Crippen molar-refractivity contribution in [2.45, 2.75) is 23.5 Å². The van der Waals surface area contributed by atoms with E-state index in [0.29, 0.717) is 5.57 Å². The number of nitrogens with zero attached hydrogens (tertiary/aromatic N) is 6. The van der Waals surface area contributed by atoms with Crippen molar-refractivity contribution in [1.29, 1.82) is 0 Å². The Kier molecular flexibility index (Phi) is 8.18. The van der Waals surface area contributed by atoms with Crippen LogP contribution in [0.3, 0.4) is 0 Å². The number of carbonyl (C=O) groups excluding carboxylic acids is 3. The van der Waals surface area contributed by atoms with Crippen LogP contribution in [-0.4, -0.2) is 101 Å². The first kappa shape index (κ1) is 29.1. The Bertz CT molecular complexity index is 1730. The number of β-lactam (4-membered cyclic amide) rings is 1. The molecule has 2 aliphatic rings. The lowest BCUT2D eigenvalue weighted by Gasteiger charge is -2.49. The summed E-state index contributed by atoms with van der Waals surface area (Å²) in [6.07, 6.45) is 1.08. The third-order valence-corrected chi connectivity index (χ3v) is 8.89. The molecule has 5 rings (SSSR count).